The molecule has 2 aromatic rings. The summed E-state index contributed by atoms with van der Waals surface area (Å²) in [6.45, 7) is 7.76. The molecule has 3 amide bonds. The summed E-state index contributed by atoms with van der Waals surface area (Å²) < 4.78 is 12.1. The van der Waals surface area contributed by atoms with Crippen LogP contribution >= 0.6 is 0 Å². The van der Waals surface area contributed by atoms with Crippen LogP contribution in [0.25, 0.3) is 0 Å². The van der Waals surface area contributed by atoms with E-state index in [1.807, 2.05) is 31.2 Å². The number of amides is 3. The Labute approximate surface area is 199 Å². The van der Waals surface area contributed by atoms with E-state index >= 15 is 0 Å². The third-order valence-electron chi connectivity index (χ3n) is 4.52. The molecule has 0 spiro atoms. The lowest BCUT2D eigenvalue weighted by molar-refractivity contribution is -0.120. The van der Waals surface area contributed by atoms with Crippen LogP contribution in [0.1, 0.15) is 49.3 Å². The highest BCUT2D eigenvalue weighted by Crippen LogP contribution is 2.15. The van der Waals surface area contributed by atoms with Crippen molar-refractivity contribution in [1.29, 1.82) is 0 Å². The molecule has 0 aliphatic carbocycles. The fourth-order valence-corrected chi connectivity index (χ4v) is 3.00. The highest BCUT2D eigenvalue weighted by molar-refractivity contribution is 5.95. The zero-order chi connectivity index (χ0) is 25.3. The molecule has 2 rings (SSSR count). The smallest absolute Gasteiger partial charge is 0.412 e. The maximum Gasteiger partial charge on any atom is 0.412 e. The van der Waals surface area contributed by atoms with Crippen LogP contribution in [0.5, 0.6) is 0 Å². The van der Waals surface area contributed by atoms with E-state index in [1.54, 1.807) is 38.6 Å². The molecule has 0 radical (unpaired) electrons. The number of rotatable bonds is 10. The van der Waals surface area contributed by atoms with E-state index in [0.717, 1.165) is 11.1 Å². The molecule has 10 nitrogen and oxygen atoms in total. The number of likely N-dealkylation sites (N-methyl/N-ethyl adjacent to an activating group) is 1. The molecular weight excluding hydrogens is 440 g/mol. The van der Waals surface area contributed by atoms with Crippen molar-refractivity contribution in [3.05, 3.63) is 53.3 Å². The number of ether oxygens (including phenoxy) is 2. The van der Waals surface area contributed by atoms with Crippen molar-refractivity contribution in [3.8, 4) is 0 Å². The third-order valence-corrected chi connectivity index (χ3v) is 4.52. The Bertz CT molecular complexity index is 978. The molecule has 1 aromatic heterocycles. The SMILES string of the molecule is CCNC(=O)Cc1ccc(COC(O)CNC(=O)c2cc(NC(=O)OC(C)(C)C)cn2C)cc1. The van der Waals surface area contributed by atoms with E-state index in [1.165, 1.54) is 6.07 Å². The van der Waals surface area contributed by atoms with Crippen molar-refractivity contribution in [2.75, 3.05) is 18.4 Å². The van der Waals surface area contributed by atoms with Gasteiger partial charge in [0.2, 0.25) is 5.91 Å². The van der Waals surface area contributed by atoms with Gasteiger partial charge >= 0.3 is 6.09 Å². The van der Waals surface area contributed by atoms with Gasteiger partial charge in [0.05, 0.1) is 25.3 Å². The lowest BCUT2D eigenvalue weighted by Gasteiger charge is -2.19. The van der Waals surface area contributed by atoms with Crippen molar-refractivity contribution < 1.29 is 29.0 Å². The number of hydrogen-bond donors (Lipinski definition) is 4. The normalized spacial score (nSPS) is 12.1. The van der Waals surface area contributed by atoms with Gasteiger partial charge in [-0.25, -0.2) is 4.79 Å². The van der Waals surface area contributed by atoms with E-state index in [9.17, 15) is 19.5 Å². The largest absolute Gasteiger partial charge is 0.444 e. The fourth-order valence-electron chi connectivity index (χ4n) is 3.00. The maximum atomic E-state index is 12.5. The molecule has 0 fully saturated rings. The summed E-state index contributed by atoms with van der Waals surface area (Å²) in [6.07, 6.45) is 0.0590. The molecule has 0 bridgehead atoms. The van der Waals surface area contributed by atoms with Gasteiger partial charge in [-0.15, -0.1) is 0 Å². The minimum atomic E-state index is -1.21. The van der Waals surface area contributed by atoms with Crippen LogP contribution in [0.3, 0.4) is 0 Å². The molecule has 1 unspecified atom stereocenters. The first kappa shape index (κ1) is 26.9. The molecule has 0 saturated heterocycles. The van der Waals surface area contributed by atoms with Gasteiger partial charge in [-0.05, 0) is 44.9 Å². The highest BCUT2D eigenvalue weighted by atomic mass is 16.6. The second-order valence-corrected chi connectivity index (χ2v) is 8.77. The van der Waals surface area contributed by atoms with Crippen LogP contribution in [0.4, 0.5) is 10.5 Å². The first-order valence-electron chi connectivity index (χ1n) is 11.1. The van der Waals surface area contributed by atoms with Gasteiger partial charge in [-0.2, -0.15) is 0 Å². The average Bonchev–Trinajstić information content (AvgIpc) is 3.10. The summed E-state index contributed by atoms with van der Waals surface area (Å²) in [5, 5.41) is 18.0. The zero-order valence-corrected chi connectivity index (χ0v) is 20.3. The molecule has 1 aromatic carbocycles. The predicted molar refractivity (Wildman–Crippen MR) is 127 cm³/mol. The molecule has 1 heterocycles. The number of aryl methyl sites for hydroxylation is 1. The summed E-state index contributed by atoms with van der Waals surface area (Å²) in [5.74, 6) is -0.472. The quantitative estimate of drug-likeness (QED) is 0.391. The summed E-state index contributed by atoms with van der Waals surface area (Å²) >= 11 is 0. The predicted octanol–water partition coefficient (Wildman–Crippen LogP) is 2.32. The Morgan fingerprint density at radius 1 is 1.09 bits per heavy atom. The van der Waals surface area contributed by atoms with Crippen LogP contribution in [0.2, 0.25) is 0 Å². The third kappa shape index (κ3) is 9.24. The standard InChI is InChI=1S/C24H34N4O6/c1-6-25-20(29)11-16-7-9-17(10-8-16)15-33-21(30)13-26-22(31)19-12-18(14-28(19)5)27-23(32)34-24(2,3)4/h7-10,12,14,21,30H,6,11,13,15H2,1-5H3,(H,25,29)(H,26,31)(H,27,32). The average molecular weight is 475 g/mol. The molecule has 10 heteroatoms. The topological polar surface area (TPSA) is 131 Å². The van der Waals surface area contributed by atoms with Crippen LogP contribution in [0, 0.1) is 0 Å². The van der Waals surface area contributed by atoms with E-state index in [-0.39, 0.29) is 19.1 Å². The van der Waals surface area contributed by atoms with E-state index < -0.39 is 23.9 Å². The van der Waals surface area contributed by atoms with Gasteiger partial charge < -0.3 is 29.8 Å². The number of benzene rings is 1. The summed E-state index contributed by atoms with van der Waals surface area (Å²) in [4.78, 5) is 36.0. The first-order chi connectivity index (χ1) is 16.0. The van der Waals surface area contributed by atoms with Crippen molar-refractivity contribution in [2.24, 2.45) is 7.05 Å². The lowest BCUT2D eigenvalue weighted by atomic mass is 10.1. The number of nitrogens with zero attached hydrogens (tertiary/aromatic N) is 1. The van der Waals surface area contributed by atoms with Crippen molar-refractivity contribution in [3.63, 3.8) is 0 Å². The number of carbonyl (C=O) groups excluding carboxylic acids is 3. The van der Waals surface area contributed by atoms with Crippen LogP contribution in [-0.2, 0) is 34.3 Å². The minimum absolute atomic E-state index is 0.0383. The molecule has 1 atom stereocenters. The molecule has 0 saturated carbocycles. The van der Waals surface area contributed by atoms with Gasteiger partial charge in [-0.3, -0.25) is 14.9 Å². The van der Waals surface area contributed by atoms with Crippen LogP contribution in [0.15, 0.2) is 36.5 Å². The fraction of sp³-hybridized carbons (Fsp3) is 0.458. The number of aliphatic hydroxyl groups excluding tert-OH is 1. The second-order valence-electron chi connectivity index (χ2n) is 8.77. The van der Waals surface area contributed by atoms with Crippen molar-refractivity contribution >= 4 is 23.6 Å². The first-order valence-corrected chi connectivity index (χ1v) is 11.1. The zero-order valence-electron chi connectivity index (χ0n) is 20.3. The lowest BCUT2D eigenvalue weighted by Crippen LogP contribution is -2.34. The Morgan fingerprint density at radius 3 is 2.35 bits per heavy atom. The molecule has 0 aliphatic heterocycles. The van der Waals surface area contributed by atoms with Crippen LogP contribution < -0.4 is 16.0 Å². The number of nitrogens with one attached hydrogen (secondary N) is 3. The highest BCUT2D eigenvalue weighted by Gasteiger charge is 2.19. The molecule has 186 valence electrons. The van der Waals surface area contributed by atoms with Crippen molar-refractivity contribution in [1.82, 2.24) is 15.2 Å². The summed E-state index contributed by atoms with van der Waals surface area (Å²) in [6, 6.07) is 8.82. The molecule has 0 aliphatic rings. The maximum absolute atomic E-state index is 12.5. The molecule has 34 heavy (non-hydrogen) atoms. The second kappa shape index (κ2) is 12.2. The number of anilines is 1. The van der Waals surface area contributed by atoms with Gasteiger partial charge in [0.25, 0.3) is 5.91 Å². The number of carbonyl (C=O) groups is 3. The van der Waals surface area contributed by atoms with Crippen LogP contribution in [-0.4, -0.2) is 52.6 Å². The van der Waals surface area contributed by atoms with Crippen molar-refractivity contribution in [2.45, 2.75) is 52.6 Å². The van der Waals surface area contributed by atoms with E-state index in [4.69, 9.17) is 9.47 Å². The Kier molecular flexibility index (Phi) is 9.64. The summed E-state index contributed by atoms with van der Waals surface area (Å²) in [7, 11) is 1.66. The minimum Gasteiger partial charge on any atom is -0.444 e. The van der Waals surface area contributed by atoms with Gasteiger partial charge in [0.1, 0.15) is 11.3 Å². The van der Waals surface area contributed by atoms with E-state index in [2.05, 4.69) is 16.0 Å². The Morgan fingerprint density at radius 2 is 1.74 bits per heavy atom. The van der Waals surface area contributed by atoms with Gasteiger partial charge in [0.15, 0.2) is 6.29 Å². The molecule has 4 N–H and O–H groups in total. The monoisotopic (exact) mass is 474 g/mol. The number of aliphatic hydroxyl groups is 1. The number of aromatic nitrogens is 1. The number of hydrogen-bond acceptors (Lipinski definition) is 6. The Balaban J connectivity index is 1.79. The Hall–Kier alpha value is -3.37. The van der Waals surface area contributed by atoms with Gasteiger partial charge in [0, 0.05) is 19.8 Å². The van der Waals surface area contributed by atoms with E-state index in [0.29, 0.717) is 24.3 Å². The van der Waals surface area contributed by atoms with Gasteiger partial charge in [-0.1, -0.05) is 24.3 Å². The molecular formula is C24H34N4O6. The summed E-state index contributed by atoms with van der Waals surface area (Å²) in [5.41, 5.74) is 1.77.